The zero-order valence-electron chi connectivity index (χ0n) is 13.8. The average molecular weight is 346 g/mol. The molecule has 0 aliphatic carbocycles. The van der Waals surface area contributed by atoms with Crippen molar-refractivity contribution in [3.8, 4) is 0 Å². The van der Waals surface area contributed by atoms with E-state index in [1.807, 2.05) is 37.3 Å². The van der Waals surface area contributed by atoms with Crippen LogP contribution in [-0.2, 0) is 16.4 Å². The maximum absolute atomic E-state index is 12.4. The van der Waals surface area contributed by atoms with Crippen molar-refractivity contribution in [2.75, 3.05) is 0 Å². The molecule has 0 radical (unpaired) electrons. The van der Waals surface area contributed by atoms with Crippen molar-refractivity contribution in [2.45, 2.75) is 37.6 Å². The lowest BCUT2D eigenvalue weighted by Gasteiger charge is -2.15. The molecule has 0 unspecified atom stereocenters. The van der Waals surface area contributed by atoms with Crippen molar-refractivity contribution in [1.29, 1.82) is 0 Å². The normalized spacial score (nSPS) is 12.6. The van der Waals surface area contributed by atoms with E-state index in [1.54, 1.807) is 13.0 Å². The highest BCUT2D eigenvalue weighted by Crippen LogP contribution is 2.15. The molecule has 0 saturated heterocycles. The predicted molar refractivity (Wildman–Crippen MR) is 94.2 cm³/mol. The number of carbonyl (C=O) groups is 1. The third kappa shape index (κ3) is 4.91. The molecule has 6 heteroatoms. The number of carbonyl (C=O) groups excluding carboxylic acids is 1. The highest BCUT2D eigenvalue weighted by atomic mass is 32.2. The number of hydrogen-bond donors (Lipinski definition) is 2. The van der Waals surface area contributed by atoms with Crippen LogP contribution in [-0.4, -0.2) is 20.4 Å². The monoisotopic (exact) mass is 346 g/mol. The topological polar surface area (TPSA) is 89.3 Å². The van der Waals surface area contributed by atoms with Crippen LogP contribution in [0.5, 0.6) is 0 Å². The SMILES string of the molecule is Cc1ccc(S(N)(=O)=O)cc1C(=O)N[C@@H](C)CCc1ccccc1. The molecular formula is C18H22N2O3S. The number of amides is 1. The van der Waals surface area contributed by atoms with Crippen molar-refractivity contribution >= 4 is 15.9 Å². The Labute approximate surface area is 142 Å². The van der Waals surface area contributed by atoms with E-state index in [0.717, 1.165) is 12.8 Å². The first-order chi connectivity index (χ1) is 11.3. The summed E-state index contributed by atoms with van der Waals surface area (Å²) in [7, 11) is -3.83. The molecule has 2 aromatic carbocycles. The van der Waals surface area contributed by atoms with Gasteiger partial charge in [-0.25, -0.2) is 13.6 Å². The molecule has 0 bridgehead atoms. The Hall–Kier alpha value is -2.18. The number of benzene rings is 2. The summed E-state index contributed by atoms with van der Waals surface area (Å²) in [4.78, 5) is 12.4. The van der Waals surface area contributed by atoms with Crippen molar-refractivity contribution in [3.63, 3.8) is 0 Å². The second-order valence-electron chi connectivity index (χ2n) is 5.92. The second kappa shape index (κ2) is 7.59. The Kier molecular flexibility index (Phi) is 5.75. The largest absolute Gasteiger partial charge is 0.350 e. The fourth-order valence-electron chi connectivity index (χ4n) is 2.42. The molecule has 0 aliphatic rings. The molecule has 128 valence electrons. The number of nitrogens with one attached hydrogen (secondary N) is 1. The highest BCUT2D eigenvalue weighted by Gasteiger charge is 2.16. The first-order valence-corrected chi connectivity index (χ1v) is 9.30. The Balaban J connectivity index is 2.04. The van der Waals surface area contributed by atoms with Crippen LogP contribution in [0.25, 0.3) is 0 Å². The van der Waals surface area contributed by atoms with Crippen molar-refractivity contribution in [2.24, 2.45) is 5.14 Å². The fourth-order valence-corrected chi connectivity index (χ4v) is 2.96. The average Bonchev–Trinajstić information content (AvgIpc) is 2.53. The van der Waals surface area contributed by atoms with Gasteiger partial charge >= 0.3 is 0 Å². The van der Waals surface area contributed by atoms with Crippen LogP contribution in [0.4, 0.5) is 0 Å². The Morgan fingerprint density at radius 1 is 1.17 bits per heavy atom. The Bertz CT molecular complexity index is 817. The van der Waals surface area contributed by atoms with Crippen molar-refractivity contribution < 1.29 is 13.2 Å². The highest BCUT2D eigenvalue weighted by molar-refractivity contribution is 7.89. The molecule has 3 N–H and O–H groups in total. The van der Waals surface area contributed by atoms with Gasteiger partial charge in [-0.3, -0.25) is 4.79 Å². The minimum absolute atomic E-state index is 0.0322. The Morgan fingerprint density at radius 3 is 2.46 bits per heavy atom. The molecule has 24 heavy (non-hydrogen) atoms. The van der Waals surface area contributed by atoms with Crippen molar-refractivity contribution in [1.82, 2.24) is 5.32 Å². The van der Waals surface area contributed by atoms with Crippen LogP contribution in [0.2, 0.25) is 0 Å². The third-order valence-electron chi connectivity index (χ3n) is 3.87. The summed E-state index contributed by atoms with van der Waals surface area (Å²) >= 11 is 0. The Morgan fingerprint density at radius 2 is 1.83 bits per heavy atom. The molecule has 1 atom stereocenters. The molecule has 1 amide bonds. The minimum Gasteiger partial charge on any atom is -0.350 e. The molecular weight excluding hydrogens is 324 g/mol. The van der Waals surface area contributed by atoms with E-state index in [-0.39, 0.29) is 16.8 Å². The van der Waals surface area contributed by atoms with E-state index in [1.165, 1.54) is 17.7 Å². The van der Waals surface area contributed by atoms with E-state index in [2.05, 4.69) is 5.32 Å². The molecule has 0 fully saturated rings. The molecule has 2 rings (SSSR count). The maximum atomic E-state index is 12.4. The summed E-state index contributed by atoms with van der Waals surface area (Å²) in [5.41, 5.74) is 2.24. The van der Waals surface area contributed by atoms with Gasteiger partial charge in [-0.2, -0.15) is 0 Å². The standard InChI is InChI=1S/C18H22N2O3S/c1-13-8-11-16(24(19,22)23)12-17(13)18(21)20-14(2)9-10-15-6-4-3-5-7-15/h3-8,11-12,14H,9-10H2,1-2H3,(H,20,21)(H2,19,22,23)/t14-/m0/s1. The van der Waals surface area contributed by atoms with E-state index >= 15 is 0 Å². The van der Waals surface area contributed by atoms with Gasteiger partial charge in [0.25, 0.3) is 5.91 Å². The third-order valence-corrected chi connectivity index (χ3v) is 4.78. The lowest BCUT2D eigenvalue weighted by atomic mass is 10.0. The van der Waals surface area contributed by atoms with Crippen molar-refractivity contribution in [3.05, 3.63) is 65.2 Å². The van der Waals surface area contributed by atoms with Gasteiger partial charge in [0.05, 0.1) is 4.90 Å². The van der Waals surface area contributed by atoms with Gasteiger partial charge in [0.2, 0.25) is 10.0 Å². The van der Waals surface area contributed by atoms with E-state index in [0.29, 0.717) is 11.1 Å². The van der Waals surface area contributed by atoms with Crippen LogP contribution in [0.15, 0.2) is 53.4 Å². The van der Waals surface area contributed by atoms with Gasteiger partial charge in [0, 0.05) is 11.6 Å². The minimum atomic E-state index is -3.83. The summed E-state index contributed by atoms with van der Waals surface area (Å²) in [6.45, 7) is 3.69. The van der Waals surface area contributed by atoms with Gasteiger partial charge in [-0.05, 0) is 49.9 Å². The summed E-state index contributed by atoms with van der Waals surface area (Å²) in [6, 6.07) is 14.3. The molecule has 2 aromatic rings. The van der Waals surface area contributed by atoms with Crippen LogP contribution in [0.3, 0.4) is 0 Å². The van der Waals surface area contributed by atoms with Gasteiger partial charge in [0.15, 0.2) is 0 Å². The fraction of sp³-hybridized carbons (Fsp3) is 0.278. The van der Waals surface area contributed by atoms with E-state index in [4.69, 9.17) is 5.14 Å². The quantitative estimate of drug-likeness (QED) is 0.841. The number of primary sulfonamides is 1. The molecule has 0 spiro atoms. The predicted octanol–water partition coefficient (Wildman–Crippen LogP) is 2.39. The van der Waals surface area contributed by atoms with E-state index in [9.17, 15) is 13.2 Å². The summed E-state index contributed by atoms with van der Waals surface area (Å²) in [5, 5.41) is 8.04. The van der Waals surface area contributed by atoms with Crippen LogP contribution >= 0.6 is 0 Å². The van der Waals surface area contributed by atoms with E-state index < -0.39 is 10.0 Å². The lowest BCUT2D eigenvalue weighted by Crippen LogP contribution is -2.33. The van der Waals surface area contributed by atoms with Crippen LogP contribution in [0.1, 0.15) is 34.8 Å². The second-order valence-corrected chi connectivity index (χ2v) is 7.48. The molecule has 0 saturated carbocycles. The molecule has 0 aromatic heterocycles. The number of hydrogen-bond acceptors (Lipinski definition) is 3. The summed E-state index contributed by atoms with van der Waals surface area (Å²) < 4.78 is 22.9. The lowest BCUT2D eigenvalue weighted by molar-refractivity contribution is 0.0937. The first-order valence-electron chi connectivity index (χ1n) is 7.75. The number of nitrogens with two attached hydrogens (primary N) is 1. The zero-order valence-corrected chi connectivity index (χ0v) is 14.6. The van der Waals surface area contributed by atoms with Gasteiger partial charge in [0.1, 0.15) is 0 Å². The van der Waals surface area contributed by atoms with Gasteiger partial charge in [-0.1, -0.05) is 36.4 Å². The van der Waals surface area contributed by atoms with Crippen LogP contribution < -0.4 is 10.5 Å². The first kappa shape index (κ1) is 18.2. The molecule has 0 heterocycles. The maximum Gasteiger partial charge on any atom is 0.251 e. The van der Waals surface area contributed by atoms with Gasteiger partial charge < -0.3 is 5.32 Å². The number of aryl methyl sites for hydroxylation is 2. The summed E-state index contributed by atoms with van der Waals surface area (Å²) in [5.74, 6) is -0.293. The molecule has 0 aliphatic heterocycles. The number of rotatable bonds is 6. The smallest absolute Gasteiger partial charge is 0.251 e. The summed E-state index contributed by atoms with van der Waals surface area (Å²) in [6.07, 6.45) is 1.65. The van der Waals surface area contributed by atoms with Gasteiger partial charge in [-0.15, -0.1) is 0 Å². The zero-order chi connectivity index (χ0) is 17.7. The molecule has 5 nitrogen and oxygen atoms in total. The number of sulfonamides is 1. The van der Waals surface area contributed by atoms with Crippen LogP contribution in [0, 0.1) is 6.92 Å².